The van der Waals surface area contributed by atoms with Gasteiger partial charge < -0.3 is 14.8 Å². The van der Waals surface area contributed by atoms with Crippen LogP contribution in [-0.4, -0.2) is 28.6 Å². The van der Waals surface area contributed by atoms with E-state index in [2.05, 4.69) is 15.3 Å². The van der Waals surface area contributed by atoms with Gasteiger partial charge in [0.05, 0.1) is 6.20 Å². The number of rotatable bonds is 6. The van der Waals surface area contributed by atoms with Gasteiger partial charge in [0.1, 0.15) is 17.6 Å². The fraction of sp³-hybridized carbons (Fsp3) is 0.0833. The molecule has 1 aliphatic heterocycles. The lowest BCUT2D eigenvalue weighted by atomic mass is 10.1. The molecule has 170 valence electrons. The molecular formula is C24H17FN4O4S. The molecule has 0 spiro atoms. The van der Waals surface area contributed by atoms with Crippen molar-refractivity contribution in [3.63, 3.8) is 0 Å². The van der Waals surface area contributed by atoms with Crippen molar-refractivity contribution < 1.29 is 23.5 Å². The second-order valence-electron chi connectivity index (χ2n) is 7.26. The normalized spacial score (nSPS) is 12.7. The van der Waals surface area contributed by atoms with Gasteiger partial charge >= 0.3 is 0 Å². The molecule has 0 saturated heterocycles. The van der Waals surface area contributed by atoms with Crippen LogP contribution in [0.5, 0.6) is 11.5 Å². The molecule has 0 fully saturated rings. The average Bonchev–Trinajstić information content (AvgIpc) is 3.56. The Hall–Kier alpha value is -4.31. The summed E-state index contributed by atoms with van der Waals surface area (Å²) in [7, 11) is 0. The van der Waals surface area contributed by atoms with E-state index in [4.69, 9.17) is 9.47 Å². The molecule has 8 nitrogen and oxygen atoms in total. The van der Waals surface area contributed by atoms with Crippen molar-refractivity contribution in [1.82, 2.24) is 9.97 Å². The number of thiophene rings is 1. The zero-order chi connectivity index (χ0) is 23.5. The van der Waals surface area contributed by atoms with E-state index >= 15 is 0 Å². The van der Waals surface area contributed by atoms with Gasteiger partial charge in [-0.3, -0.25) is 19.5 Å². The van der Waals surface area contributed by atoms with Crippen molar-refractivity contribution in [3.8, 4) is 11.5 Å². The van der Waals surface area contributed by atoms with E-state index < -0.39 is 23.7 Å². The second kappa shape index (κ2) is 9.28. The lowest BCUT2D eigenvalue weighted by Crippen LogP contribution is -2.41. The molecule has 10 heteroatoms. The first kappa shape index (κ1) is 21.5. The molecule has 1 aliphatic rings. The first-order chi connectivity index (χ1) is 16.6. The molecule has 2 amide bonds. The summed E-state index contributed by atoms with van der Waals surface area (Å²) in [6.45, 7) is 0.0654. The number of nitrogens with one attached hydrogen (secondary N) is 1. The quantitative estimate of drug-likeness (QED) is 0.443. The maximum absolute atomic E-state index is 13.7. The molecule has 1 N–H and O–H groups in total. The van der Waals surface area contributed by atoms with Crippen LogP contribution in [0.1, 0.15) is 22.1 Å². The Morgan fingerprint density at radius 3 is 2.62 bits per heavy atom. The number of amides is 2. The van der Waals surface area contributed by atoms with Crippen LogP contribution >= 0.6 is 11.3 Å². The van der Waals surface area contributed by atoms with E-state index in [0.29, 0.717) is 28.4 Å². The van der Waals surface area contributed by atoms with Crippen LogP contribution in [0.4, 0.5) is 15.8 Å². The molecule has 0 aliphatic carbocycles. The highest BCUT2D eigenvalue weighted by molar-refractivity contribution is 7.08. The largest absolute Gasteiger partial charge is 0.454 e. The first-order valence-electron chi connectivity index (χ1n) is 10.2. The topological polar surface area (TPSA) is 93.7 Å². The van der Waals surface area contributed by atoms with Crippen LogP contribution in [0.15, 0.2) is 77.9 Å². The van der Waals surface area contributed by atoms with E-state index in [0.717, 1.165) is 0 Å². The number of benzene rings is 2. The van der Waals surface area contributed by atoms with E-state index in [-0.39, 0.29) is 12.5 Å². The van der Waals surface area contributed by atoms with E-state index in [9.17, 15) is 14.0 Å². The van der Waals surface area contributed by atoms with Crippen LogP contribution in [0.2, 0.25) is 0 Å². The zero-order valence-electron chi connectivity index (χ0n) is 17.6. The third-order valence-corrected chi connectivity index (χ3v) is 5.81. The van der Waals surface area contributed by atoms with E-state index in [1.165, 1.54) is 59.1 Å². The molecule has 5 rings (SSSR count). The highest BCUT2D eigenvalue weighted by atomic mass is 32.1. The number of ether oxygens (including phenoxy) is 2. The van der Waals surface area contributed by atoms with Gasteiger partial charge in [0.25, 0.3) is 11.8 Å². The molecule has 34 heavy (non-hydrogen) atoms. The second-order valence-corrected chi connectivity index (χ2v) is 8.04. The van der Waals surface area contributed by atoms with Crippen LogP contribution in [-0.2, 0) is 4.79 Å². The molecule has 0 radical (unpaired) electrons. The summed E-state index contributed by atoms with van der Waals surface area (Å²) in [6, 6.07) is 11.1. The van der Waals surface area contributed by atoms with Crippen LogP contribution in [0.25, 0.3) is 0 Å². The van der Waals surface area contributed by atoms with Crippen LogP contribution in [0.3, 0.4) is 0 Å². The van der Waals surface area contributed by atoms with Gasteiger partial charge in [0.15, 0.2) is 11.5 Å². The number of carbonyl (C=O) groups excluding carboxylic acids is 2. The summed E-state index contributed by atoms with van der Waals surface area (Å²) in [6.07, 6.45) is 4.20. The Balaban J connectivity index is 1.60. The van der Waals surface area contributed by atoms with Gasteiger partial charge in [-0.15, -0.1) is 0 Å². The predicted octanol–water partition coefficient (Wildman–Crippen LogP) is 4.43. The fourth-order valence-electron chi connectivity index (χ4n) is 3.54. The highest BCUT2D eigenvalue weighted by Gasteiger charge is 2.35. The summed E-state index contributed by atoms with van der Waals surface area (Å²) in [5.74, 6) is -0.444. The zero-order valence-corrected chi connectivity index (χ0v) is 18.4. The summed E-state index contributed by atoms with van der Waals surface area (Å²) < 4.78 is 24.2. The Kier molecular flexibility index (Phi) is 5.88. The highest BCUT2D eigenvalue weighted by Crippen LogP contribution is 2.39. The third-order valence-electron chi connectivity index (χ3n) is 5.11. The minimum Gasteiger partial charge on any atom is -0.454 e. The van der Waals surface area contributed by atoms with Gasteiger partial charge in [-0.25, -0.2) is 9.37 Å². The Morgan fingerprint density at radius 2 is 1.88 bits per heavy atom. The van der Waals surface area contributed by atoms with Crippen molar-refractivity contribution in [1.29, 1.82) is 0 Å². The van der Waals surface area contributed by atoms with E-state index in [1.807, 2.05) is 5.38 Å². The monoisotopic (exact) mass is 476 g/mol. The number of halogens is 1. The van der Waals surface area contributed by atoms with Crippen LogP contribution in [0, 0.1) is 5.82 Å². The maximum atomic E-state index is 13.7. The molecule has 1 atom stereocenters. The SMILES string of the molecule is O=C(Nc1ccc(F)cc1)C(c1ccsc1)N(C(=O)c1cnccn1)c1ccc2c(c1)OCO2. The summed E-state index contributed by atoms with van der Waals surface area (Å²) in [5.41, 5.74) is 1.46. The van der Waals surface area contributed by atoms with Crippen molar-refractivity contribution >= 4 is 34.5 Å². The number of hydrogen-bond acceptors (Lipinski definition) is 7. The first-order valence-corrected chi connectivity index (χ1v) is 11.1. The number of fused-ring (bicyclic) bond motifs is 1. The Morgan fingerprint density at radius 1 is 1.06 bits per heavy atom. The van der Waals surface area contributed by atoms with Crippen molar-refractivity contribution in [2.75, 3.05) is 17.0 Å². The maximum Gasteiger partial charge on any atom is 0.279 e. The summed E-state index contributed by atoms with van der Waals surface area (Å²) in [5, 5.41) is 6.39. The van der Waals surface area contributed by atoms with Crippen molar-refractivity contribution in [2.24, 2.45) is 0 Å². The summed E-state index contributed by atoms with van der Waals surface area (Å²) in [4.78, 5) is 36.8. The Labute approximate surface area is 197 Å². The average molecular weight is 476 g/mol. The molecular weight excluding hydrogens is 459 g/mol. The van der Waals surface area contributed by atoms with Crippen molar-refractivity contribution in [3.05, 3.63) is 95.0 Å². The van der Waals surface area contributed by atoms with Gasteiger partial charge in [0.2, 0.25) is 6.79 Å². The molecule has 3 heterocycles. The predicted molar refractivity (Wildman–Crippen MR) is 123 cm³/mol. The third kappa shape index (κ3) is 4.30. The summed E-state index contributed by atoms with van der Waals surface area (Å²) >= 11 is 1.39. The van der Waals surface area contributed by atoms with Gasteiger partial charge in [-0.1, -0.05) is 0 Å². The molecule has 0 bridgehead atoms. The molecule has 1 unspecified atom stereocenters. The van der Waals surface area contributed by atoms with Gasteiger partial charge in [-0.2, -0.15) is 11.3 Å². The molecule has 2 aromatic heterocycles. The molecule has 0 saturated carbocycles. The van der Waals surface area contributed by atoms with Crippen molar-refractivity contribution in [2.45, 2.75) is 6.04 Å². The lowest BCUT2D eigenvalue weighted by Gasteiger charge is -2.30. The standard InChI is InChI=1S/C24H17FN4O4S/c25-16-1-3-17(4-2-16)28-23(30)22(15-7-10-34-13-15)29(24(31)19-12-26-8-9-27-19)18-5-6-20-21(11-18)33-14-32-20/h1-13,22H,14H2,(H,28,30). The van der Waals surface area contributed by atoms with Gasteiger partial charge in [-0.05, 0) is 58.8 Å². The molecule has 4 aromatic rings. The lowest BCUT2D eigenvalue weighted by molar-refractivity contribution is -0.117. The minimum absolute atomic E-state index is 0.0648. The smallest absolute Gasteiger partial charge is 0.279 e. The van der Waals surface area contributed by atoms with Crippen LogP contribution < -0.4 is 19.7 Å². The number of nitrogens with zero attached hydrogens (tertiary/aromatic N) is 3. The van der Waals surface area contributed by atoms with E-state index in [1.54, 1.807) is 29.6 Å². The molecule has 2 aromatic carbocycles. The van der Waals surface area contributed by atoms with Gasteiger partial charge in [0, 0.05) is 29.8 Å². The number of aromatic nitrogens is 2. The Bertz CT molecular complexity index is 1320. The number of anilines is 2. The number of hydrogen-bond donors (Lipinski definition) is 1. The number of carbonyl (C=O) groups is 2. The fourth-order valence-corrected chi connectivity index (χ4v) is 4.22. The minimum atomic E-state index is -1.06.